The molecule has 0 aromatic heterocycles. The first kappa shape index (κ1) is 18.7. The zero-order valence-electron chi connectivity index (χ0n) is 13.5. The Morgan fingerprint density at radius 2 is 2.21 bits per heavy atom. The van der Waals surface area contributed by atoms with Gasteiger partial charge in [0.15, 0.2) is 0 Å². The normalized spacial score (nSPS) is 17.4. The van der Waals surface area contributed by atoms with Crippen LogP contribution in [0, 0.1) is 18.8 Å². The molecule has 1 aliphatic rings. The van der Waals surface area contributed by atoms with Gasteiger partial charge in [-0.3, -0.25) is 4.79 Å². The van der Waals surface area contributed by atoms with E-state index in [4.69, 9.17) is 4.74 Å². The average Bonchev–Trinajstić information content (AvgIpc) is 2.53. The third-order valence-electron chi connectivity index (χ3n) is 3.63. The van der Waals surface area contributed by atoms with E-state index in [1.165, 1.54) is 4.90 Å². The minimum atomic E-state index is -2.57. The highest BCUT2D eigenvalue weighted by Crippen LogP contribution is 2.32. The Labute approximate surface area is 154 Å². The van der Waals surface area contributed by atoms with Crippen LogP contribution in [0.1, 0.15) is 24.5 Å². The number of rotatable bonds is 5. The number of amides is 1. The molecule has 128 valence electrons. The third kappa shape index (κ3) is 4.47. The molecule has 1 unspecified atom stereocenters. The van der Waals surface area contributed by atoms with Crippen molar-refractivity contribution in [2.45, 2.75) is 30.6 Å². The summed E-state index contributed by atoms with van der Waals surface area (Å²) in [5, 5.41) is 0. The number of aryl methyl sites for hydroxylation is 1. The van der Waals surface area contributed by atoms with Crippen molar-refractivity contribution in [3.63, 3.8) is 0 Å². The van der Waals surface area contributed by atoms with Crippen molar-refractivity contribution in [3.05, 3.63) is 35.4 Å². The fourth-order valence-electron chi connectivity index (χ4n) is 2.50. The molecule has 0 saturated heterocycles. The van der Waals surface area contributed by atoms with E-state index in [9.17, 15) is 13.6 Å². The summed E-state index contributed by atoms with van der Waals surface area (Å²) in [6, 6.07) is 5.39. The smallest absolute Gasteiger partial charge is 0.256 e. The van der Waals surface area contributed by atoms with E-state index in [-0.39, 0.29) is 9.83 Å². The fraction of sp³-hybridized carbons (Fsp3) is 0.389. The van der Waals surface area contributed by atoms with Gasteiger partial charge in [-0.15, -0.1) is 5.92 Å². The SMILES string of the molecule is CC#CCOc1ccc(C2=CCC(I)C(=O)N2CC(F)F)c(C)c1. The summed E-state index contributed by atoms with van der Waals surface area (Å²) in [4.78, 5) is 13.5. The molecule has 1 heterocycles. The topological polar surface area (TPSA) is 29.5 Å². The Kier molecular flexibility index (Phi) is 6.60. The monoisotopic (exact) mass is 445 g/mol. The maximum absolute atomic E-state index is 12.9. The maximum Gasteiger partial charge on any atom is 0.256 e. The quantitative estimate of drug-likeness (QED) is 0.389. The first-order valence-corrected chi connectivity index (χ1v) is 8.75. The number of hydrogen-bond donors (Lipinski definition) is 0. The fourth-order valence-corrected chi connectivity index (χ4v) is 3.09. The van der Waals surface area contributed by atoms with Crippen LogP contribution in [0.2, 0.25) is 0 Å². The highest BCUT2D eigenvalue weighted by atomic mass is 127. The van der Waals surface area contributed by atoms with Crippen LogP contribution >= 0.6 is 22.6 Å². The van der Waals surface area contributed by atoms with Gasteiger partial charge in [0.25, 0.3) is 6.43 Å². The van der Waals surface area contributed by atoms with Crippen LogP contribution in [0.4, 0.5) is 8.78 Å². The number of benzene rings is 1. The molecule has 1 atom stereocenters. The standard InChI is InChI=1S/C18H18F2INO2/c1-3-4-9-24-13-5-6-14(12(2)10-13)16-8-7-15(21)18(23)22(16)11-17(19)20/h5-6,8,10,15,17H,7,9,11H2,1-2H3. The van der Waals surface area contributed by atoms with E-state index >= 15 is 0 Å². The van der Waals surface area contributed by atoms with Crippen molar-refractivity contribution in [3.8, 4) is 17.6 Å². The number of ether oxygens (including phenoxy) is 1. The number of alkyl halides is 3. The zero-order chi connectivity index (χ0) is 17.7. The van der Waals surface area contributed by atoms with E-state index in [1.807, 2.05) is 41.7 Å². The first-order chi connectivity index (χ1) is 11.4. The molecule has 0 saturated carbocycles. The van der Waals surface area contributed by atoms with Gasteiger partial charge in [0.1, 0.15) is 12.4 Å². The van der Waals surface area contributed by atoms with E-state index < -0.39 is 13.0 Å². The number of hydrogen-bond acceptors (Lipinski definition) is 2. The van der Waals surface area contributed by atoms with Crippen molar-refractivity contribution in [1.82, 2.24) is 4.90 Å². The Bertz CT molecular complexity index is 707. The number of carbonyl (C=O) groups is 1. The van der Waals surface area contributed by atoms with Crippen LogP contribution in [0.5, 0.6) is 5.75 Å². The molecule has 1 aromatic carbocycles. The average molecular weight is 445 g/mol. The molecule has 24 heavy (non-hydrogen) atoms. The summed E-state index contributed by atoms with van der Waals surface area (Å²) in [6.07, 6.45) is -0.181. The van der Waals surface area contributed by atoms with Crippen molar-refractivity contribution >= 4 is 34.2 Å². The van der Waals surface area contributed by atoms with E-state index in [2.05, 4.69) is 11.8 Å². The molecule has 0 N–H and O–H groups in total. The molecular weight excluding hydrogens is 427 g/mol. The Morgan fingerprint density at radius 3 is 2.83 bits per heavy atom. The number of halogens is 3. The van der Waals surface area contributed by atoms with Crippen molar-refractivity contribution in [2.24, 2.45) is 0 Å². The lowest BCUT2D eigenvalue weighted by Gasteiger charge is -2.32. The molecule has 6 heteroatoms. The van der Waals surface area contributed by atoms with Gasteiger partial charge in [0.05, 0.1) is 10.5 Å². The third-order valence-corrected chi connectivity index (χ3v) is 4.67. The van der Waals surface area contributed by atoms with Crippen LogP contribution in [-0.2, 0) is 4.79 Å². The molecule has 0 bridgehead atoms. The van der Waals surface area contributed by atoms with Gasteiger partial charge in [-0.1, -0.05) is 34.6 Å². The van der Waals surface area contributed by atoms with Gasteiger partial charge < -0.3 is 9.64 Å². The molecule has 1 amide bonds. The van der Waals surface area contributed by atoms with Gasteiger partial charge in [-0.2, -0.15) is 0 Å². The Hall–Kier alpha value is -1.62. The largest absolute Gasteiger partial charge is 0.481 e. The van der Waals surface area contributed by atoms with Crippen LogP contribution in [0.15, 0.2) is 24.3 Å². The minimum absolute atomic E-state index is 0.272. The van der Waals surface area contributed by atoms with Crippen molar-refractivity contribution in [1.29, 1.82) is 0 Å². The molecule has 1 aliphatic heterocycles. The molecule has 2 rings (SSSR count). The molecule has 0 aliphatic carbocycles. The highest BCUT2D eigenvalue weighted by molar-refractivity contribution is 14.1. The second kappa shape index (κ2) is 8.47. The highest BCUT2D eigenvalue weighted by Gasteiger charge is 2.31. The summed E-state index contributed by atoms with van der Waals surface area (Å²) in [5.74, 6) is 5.95. The first-order valence-electron chi connectivity index (χ1n) is 7.51. The van der Waals surface area contributed by atoms with E-state index in [1.54, 1.807) is 19.1 Å². The predicted octanol–water partition coefficient (Wildman–Crippen LogP) is 4.04. The number of nitrogens with zero attached hydrogens (tertiary/aromatic N) is 1. The summed E-state index contributed by atoms with van der Waals surface area (Å²) in [6.45, 7) is 3.32. The molecule has 0 fully saturated rings. The molecule has 0 spiro atoms. The Morgan fingerprint density at radius 1 is 1.46 bits per heavy atom. The van der Waals surface area contributed by atoms with Crippen molar-refractivity contribution < 1.29 is 18.3 Å². The van der Waals surface area contributed by atoms with E-state index in [0.29, 0.717) is 24.5 Å². The summed E-state index contributed by atoms with van der Waals surface area (Å²) >= 11 is 1.99. The predicted molar refractivity (Wildman–Crippen MR) is 98.2 cm³/mol. The zero-order valence-corrected chi connectivity index (χ0v) is 15.6. The van der Waals surface area contributed by atoms with Crippen LogP contribution in [0.3, 0.4) is 0 Å². The number of carbonyl (C=O) groups excluding carboxylic acids is 1. The van der Waals surface area contributed by atoms with Gasteiger partial charge in [-0.05, 0) is 44.0 Å². The number of allylic oxidation sites excluding steroid dienone is 1. The summed E-state index contributed by atoms with van der Waals surface area (Å²) in [7, 11) is 0. The molecule has 3 nitrogen and oxygen atoms in total. The summed E-state index contributed by atoms with van der Waals surface area (Å²) < 4.78 is 31.0. The van der Waals surface area contributed by atoms with Gasteiger partial charge in [-0.25, -0.2) is 8.78 Å². The van der Waals surface area contributed by atoms with E-state index in [0.717, 1.165) is 11.1 Å². The van der Waals surface area contributed by atoms with Crippen molar-refractivity contribution in [2.75, 3.05) is 13.2 Å². The Balaban J connectivity index is 2.30. The second-order valence-electron chi connectivity index (χ2n) is 5.32. The minimum Gasteiger partial charge on any atom is -0.481 e. The maximum atomic E-state index is 12.9. The van der Waals surface area contributed by atoms with Gasteiger partial charge in [0.2, 0.25) is 5.91 Å². The second-order valence-corrected chi connectivity index (χ2v) is 6.83. The van der Waals surface area contributed by atoms with Crippen LogP contribution in [-0.4, -0.2) is 34.3 Å². The lowest BCUT2D eigenvalue weighted by atomic mass is 10.00. The molecule has 1 aromatic rings. The van der Waals surface area contributed by atoms with Crippen LogP contribution < -0.4 is 4.74 Å². The van der Waals surface area contributed by atoms with Gasteiger partial charge >= 0.3 is 0 Å². The lowest BCUT2D eigenvalue weighted by molar-refractivity contribution is -0.128. The molecular formula is C18H18F2INO2. The summed E-state index contributed by atoms with van der Waals surface area (Å²) in [5.41, 5.74) is 2.18. The van der Waals surface area contributed by atoms with Gasteiger partial charge in [0, 0.05) is 11.3 Å². The lowest BCUT2D eigenvalue weighted by Crippen LogP contribution is -2.41. The van der Waals surface area contributed by atoms with Crippen LogP contribution in [0.25, 0.3) is 5.70 Å². The molecule has 0 radical (unpaired) electrons.